The molecule has 1 aliphatic carbocycles. The number of thiazole rings is 1. The zero-order chi connectivity index (χ0) is 25.1. The lowest BCUT2D eigenvalue weighted by Crippen LogP contribution is -2.24. The summed E-state index contributed by atoms with van der Waals surface area (Å²) in [7, 11) is 3.24. The number of rotatable bonds is 6. The molecule has 0 atom stereocenters. The van der Waals surface area contributed by atoms with Gasteiger partial charge in [0.25, 0.3) is 0 Å². The van der Waals surface area contributed by atoms with E-state index >= 15 is 0 Å². The maximum Gasteiger partial charge on any atom is 0.345 e. The highest BCUT2D eigenvalue weighted by atomic mass is 79.9. The Balaban J connectivity index is 1.61. The molecule has 5 rings (SSSR count). The number of hydrogen-bond acceptors (Lipinski definition) is 7. The third-order valence-electron chi connectivity index (χ3n) is 6.43. The van der Waals surface area contributed by atoms with E-state index in [1.165, 1.54) is 17.8 Å². The summed E-state index contributed by atoms with van der Waals surface area (Å²) in [5, 5.41) is 11.8. The van der Waals surface area contributed by atoms with E-state index in [9.17, 15) is 4.79 Å². The zero-order valence-corrected chi connectivity index (χ0v) is 22.5. The van der Waals surface area contributed by atoms with E-state index in [2.05, 4.69) is 30.7 Å². The smallest absolute Gasteiger partial charge is 0.345 e. The Bertz CT molecular complexity index is 1550. The SMILES string of the molecule is COc1ccc(OC)c(/C=N/N=c2/scc(-c3cc4cc(Br)ccc4oc3=O)n2C2CCCCC2)c1. The number of methoxy groups -OCH3 is 2. The van der Waals surface area contributed by atoms with Gasteiger partial charge in [-0.25, -0.2) is 4.79 Å². The molecular formula is C27H26BrN3O4S. The number of nitrogens with zero attached hydrogens (tertiary/aromatic N) is 3. The van der Waals surface area contributed by atoms with Crippen LogP contribution in [0.5, 0.6) is 11.5 Å². The average Bonchev–Trinajstić information content (AvgIpc) is 3.32. The van der Waals surface area contributed by atoms with Crippen LogP contribution in [0.15, 0.2) is 71.7 Å². The Labute approximate surface area is 220 Å². The molecule has 0 radical (unpaired) electrons. The summed E-state index contributed by atoms with van der Waals surface area (Å²) in [6, 6.07) is 13.3. The highest BCUT2D eigenvalue weighted by Crippen LogP contribution is 2.32. The fraction of sp³-hybridized carbons (Fsp3) is 0.296. The van der Waals surface area contributed by atoms with E-state index in [1.807, 2.05) is 41.8 Å². The molecule has 0 N–H and O–H groups in total. The molecule has 1 saturated carbocycles. The molecule has 4 aromatic rings. The van der Waals surface area contributed by atoms with Crippen molar-refractivity contribution in [3.63, 3.8) is 0 Å². The van der Waals surface area contributed by atoms with Gasteiger partial charge in [-0.05, 0) is 55.3 Å². The molecule has 0 saturated heterocycles. The first-order valence-corrected chi connectivity index (χ1v) is 13.5. The quantitative estimate of drug-likeness (QED) is 0.150. The van der Waals surface area contributed by atoms with Crippen molar-refractivity contribution in [2.75, 3.05) is 14.2 Å². The number of ether oxygens (including phenoxy) is 2. The summed E-state index contributed by atoms with van der Waals surface area (Å²) >= 11 is 4.98. The lowest BCUT2D eigenvalue weighted by Gasteiger charge is -2.25. The van der Waals surface area contributed by atoms with Crippen LogP contribution >= 0.6 is 27.3 Å². The Hall–Kier alpha value is -3.17. The van der Waals surface area contributed by atoms with Crippen molar-refractivity contribution in [1.29, 1.82) is 0 Å². The second kappa shape index (κ2) is 10.8. The largest absolute Gasteiger partial charge is 0.497 e. The molecule has 2 heterocycles. The van der Waals surface area contributed by atoms with Crippen molar-refractivity contribution in [2.24, 2.45) is 10.2 Å². The lowest BCUT2D eigenvalue weighted by molar-refractivity contribution is 0.350. The minimum atomic E-state index is -0.358. The summed E-state index contributed by atoms with van der Waals surface area (Å²) in [6.07, 6.45) is 7.26. The minimum Gasteiger partial charge on any atom is -0.497 e. The van der Waals surface area contributed by atoms with E-state index in [-0.39, 0.29) is 11.7 Å². The molecule has 0 bridgehead atoms. The minimum absolute atomic E-state index is 0.248. The second-order valence-electron chi connectivity index (χ2n) is 8.65. The van der Waals surface area contributed by atoms with Gasteiger partial charge in [0.2, 0.25) is 4.80 Å². The number of aromatic nitrogens is 1. The standard InChI is InChI=1S/C27H26BrN3O4S/c1-33-21-9-11-24(34-2)18(13-21)15-29-30-27-31(20-6-4-3-5-7-20)23(16-36-27)22-14-17-12-19(28)8-10-25(17)35-26(22)32/h8-16,20H,3-7H2,1-2H3/b29-15+,30-27+. The number of hydrogen-bond donors (Lipinski definition) is 0. The normalized spacial score (nSPS) is 15.1. The fourth-order valence-electron chi connectivity index (χ4n) is 4.64. The van der Waals surface area contributed by atoms with Crippen LogP contribution in [-0.4, -0.2) is 25.0 Å². The van der Waals surface area contributed by atoms with Crippen LogP contribution in [0.1, 0.15) is 43.7 Å². The van der Waals surface area contributed by atoms with Crippen LogP contribution < -0.4 is 19.9 Å². The lowest BCUT2D eigenvalue weighted by atomic mass is 9.95. The van der Waals surface area contributed by atoms with Crippen LogP contribution in [0.25, 0.3) is 22.2 Å². The van der Waals surface area contributed by atoms with Crippen molar-refractivity contribution in [2.45, 2.75) is 38.1 Å². The second-order valence-corrected chi connectivity index (χ2v) is 10.4. The first kappa shape index (κ1) is 24.5. The van der Waals surface area contributed by atoms with Gasteiger partial charge < -0.3 is 18.5 Å². The van der Waals surface area contributed by atoms with Crippen LogP contribution in [0, 0.1) is 0 Å². The molecule has 7 nitrogen and oxygen atoms in total. The monoisotopic (exact) mass is 567 g/mol. The Morgan fingerprint density at radius 1 is 1.08 bits per heavy atom. The van der Waals surface area contributed by atoms with Gasteiger partial charge in [-0.2, -0.15) is 5.10 Å². The molecule has 36 heavy (non-hydrogen) atoms. The summed E-state index contributed by atoms with van der Waals surface area (Å²) < 4.78 is 19.5. The van der Waals surface area contributed by atoms with E-state index in [0.717, 1.165) is 51.6 Å². The van der Waals surface area contributed by atoms with Gasteiger partial charge in [0.1, 0.15) is 17.1 Å². The Morgan fingerprint density at radius 2 is 1.92 bits per heavy atom. The van der Waals surface area contributed by atoms with Crippen molar-refractivity contribution >= 4 is 44.5 Å². The van der Waals surface area contributed by atoms with Gasteiger partial charge >= 0.3 is 5.63 Å². The predicted molar refractivity (Wildman–Crippen MR) is 146 cm³/mol. The van der Waals surface area contributed by atoms with Gasteiger partial charge in [0, 0.05) is 26.8 Å². The molecule has 9 heteroatoms. The molecular weight excluding hydrogens is 542 g/mol. The van der Waals surface area contributed by atoms with Crippen molar-refractivity contribution in [1.82, 2.24) is 4.57 Å². The zero-order valence-electron chi connectivity index (χ0n) is 20.1. The maximum atomic E-state index is 13.0. The number of fused-ring (bicyclic) bond motifs is 1. The first-order chi connectivity index (χ1) is 17.6. The van der Waals surface area contributed by atoms with Gasteiger partial charge in [-0.15, -0.1) is 16.4 Å². The van der Waals surface area contributed by atoms with E-state index < -0.39 is 0 Å². The van der Waals surface area contributed by atoms with Gasteiger partial charge in [0.15, 0.2) is 0 Å². The van der Waals surface area contributed by atoms with E-state index in [1.54, 1.807) is 26.5 Å². The Kier molecular flexibility index (Phi) is 7.38. The van der Waals surface area contributed by atoms with Gasteiger partial charge in [-0.3, -0.25) is 0 Å². The van der Waals surface area contributed by atoms with E-state index in [0.29, 0.717) is 22.6 Å². The van der Waals surface area contributed by atoms with Gasteiger partial charge in [0.05, 0.1) is 31.7 Å². The van der Waals surface area contributed by atoms with Gasteiger partial charge in [-0.1, -0.05) is 35.2 Å². The molecule has 1 aliphatic rings. The third kappa shape index (κ3) is 5.03. The molecule has 2 aromatic heterocycles. The van der Waals surface area contributed by atoms with Crippen molar-refractivity contribution < 1.29 is 13.9 Å². The summed E-state index contributed by atoms with van der Waals surface area (Å²) in [5.41, 5.74) is 2.32. The highest BCUT2D eigenvalue weighted by molar-refractivity contribution is 9.10. The molecule has 0 aliphatic heterocycles. The van der Waals surface area contributed by atoms with Crippen LogP contribution in [0.3, 0.4) is 0 Å². The van der Waals surface area contributed by atoms with Crippen LogP contribution in [0.2, 0.25) is 0 Å². The van der Waals surface area contributed by atoms with E-state index in [4.69, 9.17) is 13.9 Å². The first-order valence-electron chi connectivity index (χ1n) is 11.8. The molecule has 0 spiro atoms. The topological polar surface area (TPSA) is 78.3 Å². The third-order valence-corrected chi connectivity index (χ3v) is 7.75. The Morgan fingerprint density at radius 3 is 2.69 bits per heavy atom. The van der Waals surface area contributed by atoms with Crippen molar-refractivity contribution in [3.8, 4) is 22.8 Å². The predicted octanol–water partition coefficient (Wildman–Crippen LogP) is 6.54. The number of halogens is 1. The molecule has 0 amide bonds. The summed E-state index contributed by atoms with van der Waals surface area (Å²) in [4.78, 5) is 13.8. The molecule has 1 fully saturated rings. The van der Waals surface area contributed by atoms with Crippen LogP contribution in [-0.2, 0) is 0 Å². The molecule has 2 aromatic carbocycles. The van der Waals surface area contributed by atoms with Crippen molar-refractivity contribution in [3.05, 3.63) is 73.1 Å². The fourth-order valence-corrected chi connectivity index (χ4v) is 5.93. The van der Waals surface area contributed by atoms with Crippen LogP contribution in [0.4, 0.5) is 0 Å². The highest BCUT2D eigenvalue weighted by Gasteiger charge is 2.22. The molecule has 186 valence electrons. The summed E-state index contributed by atoms with van der Waals surface area (Å²) in [6.45, 7) is 0. The number of benzene rings is 2. The maximum absolute atomic E-state index is 13.0. The summed E-state index contributed by atoms with van der Waals surface area (Å²) in [5.74, 6) is 1.39. The average molecular weight is 568 g/mol. The molecule has 0 unspecified atom stereocenters.